The summed E-state index contributed by atoms with van der Waals surface area (Å²) in [7, 11) is 0. The van der Waals surface area contributed by atoms with Crippen LogP contribution in [-0.4, -0.2) is 64.3 Å². The van der Waals surface area contributed by atoms with Crippen LogP contribution in [-0.2, 0) is 22.7 Å². The highest BCUT2D eigenvalue weighted by molar-refractivity contribution is 5.92. The van der Waals surface area contributed by atoms with Gasteiger partial charge in [0.25, 0.3) is 11.8 Å². The number of nitrogens with one attached hydrogen (secondary N) is 3. The van der Waals surface area contributed by atoms with Crippen molar-refractivity contribution in [2.45, 2.75) is 141 Å². The Morgan fingerprint density at radius 3 is 1.53 bits per heavy atom. The van der Waals surface area contributed by atoms with Crippen LogP contribution in [0.3, 0.4) is 0 Å². The van der Waals surface area contributed by atoms with Crippen molar-refractivity contribution >= 4 is 23.7 Å². The lowest BCUT2D eigenvalue weighted by Gasteiger charge is -2.22. The molecule has 59 heavy (non-hydrogen) atoms. The molecule has 3 amide bonds. The lowest BCUT2D eigenvalue weighted by molar-refractivity contribution is -0.137. The Balaban J connectivity index is 0.000000224. The van der Waals surface area contributed by atoms with E-state index < -0.39 is 11.9 Å². The van der Waals surface area contributed by atoms with Gasteiger partial charge in [0.2, 0.25) is 17.7 Å². The average molecular weight is 816 g/mol. The Morgan fingerprint density at radius 1 is 0.661 bits per heavy atom. The molecule has 4 heterocycles. The van der Waals surface area contributed by atoms with Gasteiger partial charge in [-0.2, -0.15) is 9.97 Å². The van der Waals surface area contributed by atoms with Crippen molar-refractivity contribution < 1.29 is 38.5 Å². The van der Waals surface area contributed by atoms with Gasteiger partial charge in [0.1, 0.15) is 11.4 Å². The second-order valence-electron chi connectivity index (χ2n) is 15.5. The molecule has 0 aromatic carbocycles. The first-order valence-corrected chi connectivity index (χ1v) is 21.0. The topological polar surface area (TPSA) is 248 Å². The predicted octanol–water partition coefficient (Wildman–Crippen LogP) is 6.83. The van der Waals surface area contributed by atoms with Gasteiger partial charge >= 0.3 is 5.97 Å². The standard InChI is InChI=1S/C21H29N5O4.C21H28N4O4/c27-19(25-29)13-16(10-6-9-15-7-2-1-3-8-15)21-24-18(26-30-21)14-23-20(28)17-11-4-5-12-22-17;26-19(27)13-16(10-6-9-15-7-2-1-3-8-15)21-24-18(25-29-21)14-23-20(28)17-11-4-5-12-22-17/h4-5,11-12,15-16,29H,1-3,6-10,13-14H2,(H,23,28)(H,25,27);4-5,11-12,15-16H,1-3,6-10,13-14H2,(H,23,28)(H,26,27)/t2*16-/m11/s1. The molecule has 318 valence electrons. The van der Waals surface area contributed by atoms with E-state index in [0.29, 0.717) is 41.2 Å². The first-order chi connectivity index (χ1) is 28.8. The number of carboxylic acid groups (broad SMARTS) is 1. The number of rotatable bonds is 20. The Labute approximate surface area is 343 Å². The van der Waals surface area contributed by atoms with E-state index in [0.717, 1.165) is 43.9 Å². The molecule has 2 atom stereocenters. The van der Waals surface area contributed by atoms with Crippen molar-refractivity contribution in [1.82, 2.24) is 46.4 Å². The number of amides is 3. The third-order valence-electron chi connectivity index (χ3n) is 11.0. The number of hydroxylamine groups is 1. The normalized spacial score (nSPS) is 15.6. The fourth-order valence-electron chi connectivity index (χ4n) is 7.87. The molecule has 0 bridgehead atoms. The van der Waals surface area contributed by atoms with Gasteiger partial charge in [-0.1, -0.05) is 112 Å². The Morgan fingerprint density at radius 2 is 1.12 bits per heavy atom. The van der Waals surface area contributed by atoms with Crippen LogP contribution in [0.25, 0.3) is 0 Å². The van der Waals surface area contributed by atoms with E-state index in [1.807, 2.05) is 0 Å². The van der Waals surface area contributed by atoms with E-state index in [-0.39, 0.29) is 49.6 Å². The van der Waals surface area contributed by atoms with Crippen LogP contribution in [0.4, 0.5) is 0 Å². The summed E-state index contributed by atoms with van der Waals surface area (Å²) in [4.78, 5) is 63.8. The van der Waals surface area contributed by atoms with Crippen LogP contribution >= 0.6 is 0 Å². The van der Waals surface area contributed by atoms with Gasteiger partial charge in [-0.15, -0.1) is 0 Å². The molecule has 0 unspecified atom stereocenters. The summed E-state index contributed by atoms with van der Waals surface area (Å²) >= 11 is 0. The second kappa shape index (κ2) is 24.4. The van der Waals surface area contributed by atoms with E-state index in [4.69, 9.17) is 14.3 Å². The molecule has 5 N–H and O–H groups in total. The molecule has 17 nitrogen and oxygen atoms in total. The summed E-state index contributed by atoms with van der Waals surface area (Å²) in [6, 6.07) is 10.2. The van der Waals surface area contributed by atoms with Crippen molar-refractivity contribution in [3.63, 3.8) is 0 Å². The van der Waals surface area contributed by atoms with Gasteiger partial charge in [0.15, 0.2) is 11.6 Å². The van der Waals surface area contributed by atoms with Crippen molar-refractivity contribution in [3.8, 4) is 0 Å². The molecule has 17 heteroatoms. The molecule has 0 saturated heterocycles. The number of carboxylic acids is 1. The van der Waals surface area contributed by atoms with Gasteiger partial charge in [0, 0.05) is 30.7 Å². The highest BCUT2D eigenvalue weighted by Crippen LogP contribution is 2.32. The van der Waals surface area contributed by atoms with Crippen molar-refractivity contribution in [2.24, 2.45) is 11.8 Å². The van der Waals surface area contributed by atoms with Gasteiger partial charge in [-0.3, -0.25) is 34.4 Å². The number of aromatic nitrogens is 6. The minimum atomic E-state index is -0.879. The summed E-state index contributed by atoms with van der Waals surface area (Å²) in [6.45, 7) is 0.195. The van der Waals surface area contributed by atoms with Gasteiger partial charge < -0.3 is 24.8 Å². The third kappa shape index (κ3) is 15.6. The van der Waals surface area contributed by atoms with Gasteiger partial charge in [-0.05, 0) is 48.9 Å². The Hall–Kier alpha value is -5.58. The molecule has 2 fully saturated rings. The van der Waals surface area contributed by atoms with Crippen LogP contribution in [0.5, 0.6) is 0 Å². The zero-order chi connectivity index (χ0) is 41.7. The molecule has 2 saturated carbocycles. The second-order valence-corrected chi connectivity index (χ2v) is 15.5. The van der Waals surface area contributed by atoms with E-state index >= 15 is 0 Å². The van der Waals surface area contributed by atoms with Gasteiger partial charge in [-0.25, -0.2) is 5.48 Å². The van der Waals surface area contributed by atoms with Crippen molar-refractivity contribution in [1.29, 1.82) is 0 Å². The molecule has 0 aliphatic heterocycles. The lowest BCUT2D eigenvalue weighted by Crippen LogP contribution is -2.24. The summed E-state index contributed by atoms with van der Waals surface area (Å²) in [5.74, 6) is 0.261. The van der Waals surface area contributed by atoms with Crippen LogP contribution in [0.15, 0.2) is 57.8 Å². The SMILES string of the molecule is O=C(C[C@@H](CCCC1CCCCC1)c1nc(CNC(=O)c2ccccn2)no1)NO.O=C(O)C[C@@H](CCCC1CCCCC1)c1nc(CNC(=O)c2ccccn2)no1. The number of carbonyl (C=O) groups excluding carboxylic acids is 3. The Bertz CT molecular complexity index is 1860. The fourth-order valence-corrected chi connectivity index (χ4v) is 7.87. The molecule has 4 aromatic rings. The van der Waals surface area contributed by atoms with E-state index in [1.165, 1.54) is 64.2 Å². The van der Waals surface area contributed by atoms with Crippen molar-refractivity contribution in [2.75, 3.05) is 0 Å². The number of pyridine rings is 2. The van der Waals surface area contributed by atoms with Crippen molar-refractivity contribution in [3.05, 3.63) is 83.6 Å². The first kappa shape index (κ1) is 44.5. The number of carbonyl (C=O) groups is 4. The maximum atomic E-state index is 12.1. The smallest absolute Gasteiger partial charge is 0.304 e. The van der Waals surface area contributed by atoms with Crippen LogP contribution < -0.4 is 16.1 Å². The molecule has 4 aromatic heterocycles. The molecule has 0 spiro atoms. The zero-order valence-corrected chi connectivity index (χ0v) is 33.6. The minimum Gasteiger partial charge on any atom is -0.481 e. The molecular formula is C42H57N9O8. The Kier molecular flexibility index (Phi) is 18.4. The maximum Gasteiger partial charge on any atom is 0.304 e. The molecule has 2 aliphatic rings. The van der Waals surface area contributed by atoms with E-state index in [2.05, 4.69) is 40.9 Å². The zero-order valence-electron chi connectivity index (χ0n) is 33.6. The average Bonchev–Trinajstić information content (AvgIpc) is 3.96. The monoisotopic (exact) mass is 815 g/mol. The van der Waals surface area contributed by atoms with Crippen LogP contribution in [0.1, 0.15) is 172 Å². The number of hydrogen-bond donors (Lipinski definition) is 5. The summed E-state index contributed by atoms with van der Waals surface area (Å²) in [6.07, 6.45) is 21.7. The molecule has 6 rings (SSSR count). The first-order valence-electron chi connectivity index (χ1n) is 21.0. The lowest BCUT2D eigenvalue weighted by atomic mass is 9.84. The number of aliphatic carboxylic acids is 1. The largest absolute Gasteiger partial charge is 0.481 e. The van der Waals surface area contributed by atoms with E-state index in [1.54, 1.807) is 54.3 Å². The predicted molar refractivity (Wildman–Crippen MR) is 213 cm³/mol. The van der Waals surface area contributed by atoms with E-state index in [9.17, 15) is 24.3 Å². The fraction of sp³-hybridized carbons (Fsp3) is 0.571. The highest BCUT2D eigenvalue weighted by Gasteiger charge is 2.25. The molecule has 2 aliphatic carbocycles. The van der Waals surface area contributed by atoms with Crippen LogP contribution in [0.2, 0.25) is 0 Å². The summed E-state index contributed by atoms with van der Waals surface area (Å²) in [5, 5.41) is 31.4. The molecular weight excluding hydrogens is 759 g/mol. The summed E-state index contributed by atoms with van der Waals surface area (Å²) in [5.41, 5.74) is 2.29. The maximum absolute atomic E-state index is 12.1. The highest BCUT2D eigenvalue weighted by atomic mass is 16.5. The quantitative estimate of drug-likeness (QED) is 0.0453. The van der Waals surface area contributed by atoms with Gasteiger partial charge in [0.05, 0.1) is 19.5 Å². The van der Waals surface area contributed by atoms with Crippen LogP contribution in [0, 0.1) is 11.8 Å². The molecule has 0 radical (unpaired) electrons. The minimum absolute atomic E-state index is 0.0351. The summed E-state index contributed by atoms with van der Waals surface area (Å²) < 4.78 is 10.7. The number of nitrogens with zero attached hydrogens (tertiary/aromatic N) is 6. The number of hydrogen-bond acceptors (Lipinski definition) is 13. The third-order valence-corrected chi connectivity index (χ3v) is 11.0.